The summed E-state index contributed by atoms with van der Waals surface area (Å²) in [5.74, 6) is 1.69. The maximum absolute atomic E-state index is 5.80. The Morgan fingerprint density at radius 2 is 1.65 bits per heavy atom. The smallest absolute Gasteiger partial charge is 0.137 e. The van der Waals surface area contributed by atoms with Crippen LogP contribution in [-0.2, 0) is 5.33 Å². The van der Waals surface area contributed by atoms with Crippen molar-refractivity contribution in [1.82, 2.24) is 0 Å². The van der Waals surface area contributed by atoms with E-state index in [2.05, 4.69) is 47.8 Å². The number of ether oxygens (including phenoxy) is 2. The van der Waals surface area contributed by atoms with Crippen LogP contribution in [-0.4, -0.2) is 13.2 Å². The second kappa shape index (κ2) is 8.05. The summed E-state index contributed by atoms with van der Waals surface area (Å²) in [6, 6.07) is 13.8. The lowest BCUT2D eigenvalue weighted by Gasteiger charge is -2.12. The molecule has 0 aliphatic carbocycles. The van der Waals surface area contributed by atoms with Crippen LogP contribution in [0.15, 0.2) is 51.4 Å². The van der Waals surface area contributed by atoms with E-state index < -0.39 is 0 Å². The highest BCUT2D eigenvalue weighted by Gasteiger charge is 2.07. The summed E-state index contributed by atoms with van der Waals surface area (Å²) in [6.07, 6.45) is 0. The van der Waals surface area contributed by atoms with Crippen LogP contribution in [0.25, 0.3) is 0 Å². The fourth-order valence-electron chi connectivity index (χ4n) is 1.68. The van der Waals surface area contributed by atoms with Crippen molar-refractivity contribution in [1.29, 1.82) is 0 Å². The summed E-state index contributed by atoms with van der Waals surface area (Å²) in [7, 11) is 0. The number of benzene rings is 2. The Bertz CT molecular complexity index is 573. The topological polar surface area (TPSA) is 18.5 Å². The largest absolute Gasteiger partial charge is 0.490 e. The molecule has 0 aliphatic rings. The molecule has 0 aliphatic heterocycles. The van der Waals surface area contributed by atoms with Crippen molar-refractivity contribution < 1.29 is 9.47 Å². The Hall–Kier alpha value is -0.520. The van der Waals surface area contributed by atoms with E-state index in [1.165, 1.54) is 0 Å². The molecule has 0 saturated heterocycles. The average Bonchev–Trinajstić information content (AvgIpc) is 2.45. The van der Waals surface area contributed by atoms with Gasteiger partial charge in [0.25, 0.3) is 0 Å². The van der Waals surface area contributed by atoms with E-state index >= 15 is 0 Å². The quantitative estimate of drug-likeness (QED) is 0.411. The first-order chi connectivity index (χ1) is 9.70. The molecule has 5 heteroatoms. The zero-order valence-corrected chi connectivity index (χ0v) is 15.4. The van der Waals surface area contributed by atoms with Gasteiger partial charge in [0.15, 0.2) is 0 Å². The molecular formula is C15H13Br3O2. The molecule has 0 bridgehead atoms. The first kappa shape index (κ1) is 15.9. The minimum Gasteiger partial charge on any atom is -0.490 e. The van der Waals surface area contributed by atoms with E-state index in [0.29, 0.717) is 13.2 Å². The molecule has 20 heavy (non-hydrogen) atoms. The first-order valence-corrected chi connectivity index (χ1v) is 8.76. The van der Waals surface area contributed by atoms with E-state index in [9.17, 15) is 0 Å². The third-order valence-corrected chi connectivity index (χ3v) is 4.31. The summed E-state index contributed by atoms with van der Waals surface area (Å²) in [6.45, 7) is 0.995. The van der Waals surface area contributed by atoms with Crippen LogP contribution in [0.1, 0.15) is 5.56 Å². The summed E-state index contributed by atoms with van der Waals surface area (Å²) in [4.78, 5) is 0. The highest BCUT2D eigenvalue weighted by atomic mass is 79.9. The molecule has 0 spiro atoms. The van der Waals surface area contributed by atoms with Gasteiger partial charge in [-0.2, -0.15) is 0 Å². The number of alkyl halides is 1. The van der Waals surface area contributed by atoms with Gasteiger partial charge in [0.05, 0.1) is 4.47 Å². The number of halogens is 3. The lowest BCUT2D eigenvalue weighted by molar-refractivity contribution is 0.215. The van der Waals surface area contributed by atoms with Gasteiger partial charge < -0.3 is 9.47 Å². The number of para-hydroxylation sites is 1. The van der Waals surface area contributed by atoms with Crippen molar-refractivity contribution >= 4 is 47.8 Å². The standard InChI is InChI=1S/C15H13Br3O2/c16-10-11-3-1-6-14(18)15(11)20-8-7-19-13-5-2-4-12(17)9-13/h1-6,9H,7-8,10H2. The van der Waals surface area contributed by atoms with Crippen molar-refractivity contribution in [2.24, 2.45) is 0 Å². The second-order valence-corrected chi connectivity index (χ2v) is 6.35. The molecule has 2 aromatic carbocycles. The molecule has 0 atom stereocenters. The maximum Gasteiger partial charge on any atom is 0.137 e. The Morgan fingerprint density at radius 3 is 2.40 bits per heavy atom. The monoisotopic (exact) mass is 462 g/mol. The van der Waals surface area contributed by atoms with Gasteiger partial charge in [0.1, 0.15) is 24.7 Å². The molecule has 106 valence electrons. The lowest BCUT2D eigenvalue weighted by Crippen LogP contribution is -2.10. The minimum absolute atomic E-state index is 0.495. The predicted octanol–water partition coefficient (Wildman–Crippen LogP) is 5.56. The molecule has 0 aromatic heterocycles. The predicted molar refractivity (Wildman–Crippen MR) is 91.9 cm³/mol. The fraction of sp³-hybridized carbons (Fsp3) is 0.200. The van der Waals surface area contributed by atoms with E-state index in [1.54, 1.807) is 0 Å². The molecule has 0 radical (unpaired) electrons. The van der Waals surface area contributed by atoms with Gasteiger partial charge >= 0.3 is 0 Å². The van der Waals surface area contributed by atoms with E-state index in [-0.39, 0.29) is 0 Å². The molecule has 0 unspecified atom stereocenters. The molecule has 0 saturated carbocycles. The molecule has 0 fully saturated rings. The van der Waals surface area contributed by atoms with Crippen LogP contribution >= 0.6 is 47.8 Å². The van der Waals surface area contributed by atoms with Gasteiger partial charge in [0.2, 0.25) is 0 Å². The molecule has 2 nitrogen and oxygen atoms in total. The lowest BCUT2D eigenvalue weighted by atomic mass is 10.2. The highest BCUT2D eigenvalue weighted by Crippen LogP contribution is 2.30. The van der Waals surface area contributed by atoms with Crippen LogP contribution in [0.3, 0.4) is 0 Å². The van der Waals surface area contributed by atoms with Crippen LogP contribution in [0, 0.1) is 0 Å². The van der Waals surface area contributed by atoms with Crippen LogP contribution in [0.2, 0.25) is 0 Å². The zero-order valence-electron chi connectivity index (χ0n) is 10.6. The fourth-order valence-corrected chi connectivity index (χ4v) is 3.02. The first-order valence-electron chi connectivity index (χ1n) is 6.05. The van der Waals surface area contributed by atoms with Gasteiger partial charge in [-0.25, -0.2) is 0 Å². The minimum atomic E-state index is 0.495. The Labute approximate surface area is 143 Å². The summed E-state index contributed by atoms with van der Waals surface area (Å²) < 4.78 is 13.4. The molecule has 2 aromatic rings. The van der Waals surface area contributed by atoms with Crippen LogP contribution < -0.4 is 9.47 Å². The van der Waals surface area contributed by atoms with Crippen molar-refractivity contribution in [3.63, 3.8) is 0 Å². The molecule has 0 amide bonds. The normalized spacial score (nSPS) is 10.3. The molecule has 2 rings (SSSR count). The third kappa shape index (κ3) is 4.50. The molecular weight excluding hydrogens is 452 g/mol. The van der Waals surface area contributed by atoms with Gasteiger partial charge in [-0.15, -0.1) is 0 Å². The van der Waals surface area contributed by atoms with Gasteiger partial charge in [-0.1, -0.05) is 50.1 Å². The average molecular weight is 465 g/mol. The number of hydrogen-bond donors (Lipinski definition) is 0. The zero-order chi connectivity index (χ0) is 14.4. The van der Waals surface area contributed by atoms with E-state index in [4.69, 9.17) is 9.47 Å². The summed E-state index contributed by atoms with van der Waals surface area (Å²) in [5, 5.41) is 0.758. The van der Waals surface area contributed by atoms with E-state index in [1.807, 2.05) is 42.5 Å². The van der Waals surface area contributed by atoms with Gasteiger partial charge in [-0.3, -0.25) is 0 Å². The van der Waals surface area contributed by atoms with Gasteiger partial charge in [-0.05, 0) is 40.2 Å². The Balaban J connectivity index is 1.87. The third-order valence-electron chi connectivity index (χ3n) is 2.59. The SMILES string of the molecule is BrCc1cccc(Br)c1OCCOc1cccc(Br)c1. The van der Waals surface area contributed by atoms with Crippen molar-refractivity contribution in [2.75, 3.05) is 13.2 Å². The Kier molecular flexibility index (Phi) is 6.39. The van der Waals surface area contributed by atoms with Crippen LogP contribution in [0.5, 0.6) is 11.5 Å². The summed E-state index contributed by atoms with van der Waals surface area (Å²) in [5.41, 5.74) is 1.11. The maximum atomic E-state index is 5.80. The number of rotatable bonds is 6. The summed E-state index contributed by atoms with van der Waals surface area (Å²) >= 11 is 10.4. The Morgan fingerprint density at radius 1 is 0.900 bits per heavy atom. The highest BCUT2D eigenvalue weighted by molar-refractivity contribution is 9.11. The van der Waals surface area contributed by atoms with Gasteiger partial charge in [0, 0.05) is 15.4 Å². The van der Waals surface area contributed by atoms with Crippen LogP contribution in [0.4, 0.5) is 0 Å². The van der Waals surface area contributed by atoms with Crippen molar-refractivity contribution in [2.45, 2.75) is 5.33 Å². The van der Waals surface area contributed by atoms with Crippen molar-refractivity contribution in [3.05, 3.63) is 57.0 Å². The number of hydrogen-bond acceptors (Lipinski definition) is 2. The molecule has 0 heterocycles. The van der Waals surface area contributed by atoms with E-state index in [0.717, 1.165) is 31.3 Å². The second-order valence-electron chi connectivity index (χ2n) is 4.02. The molecule has 0 N–H and O–H groups in total. The van der Waals surface area contributed by atoms with Crippen molar-refractivity contribution in [3.8, 4) is 11.5 Å².